The number of hydrogen-bond donors (Lipinski definition) is 1. The van der Waals surface area contributed by atoms with Crippen LogP contribution in [0.25, 0.3) is 0 Å². The first-order valence-electron chi connectivity index (χ1n) is 7.64. The molecule has 1 fully saturated rings. The zero-order chi connectivity index (χ0) is 13.9. The van der Waals surface area contributed by atoms with Crippen LogP contribution in [0.3, 0.4) is 0 Å². The first kappa shape index (κ1) is 13.4. The maximum absolute atomic E-state index is 3.67. The fraction of sp³-hybridized carbons (Fsp3) is 0.368. The Morgan fingerprint density at radius 3 is 2.25 bits per heavy atom. The van der Waals surface area contributed by atoms with Crippen molar-refractivity contribution in [2.45, 2.75) is 38.1 Å². The first-order chi connectivity index (χ1) is 9.75. The molecule has 1 N–H and O–H groups in total. The lowest BCUT2D eigenvalue weighted by Crippen LogP contribution is -2.17. The van der Waals surface area contributed by atoms with Crippen molar-refractivity contribution >= 4 is 0 Å². The van der Waals surface area contributed by atoms with Gasteiger partial charge < -0.3 is 5.32 Å². The molecule has 0 bridgehead atoms. The van der Waals surface area contributed by atoms with E-state index in [-0.39, 0.29) is 0 Å². The Balaban J connectivity index is 1.85. The zero-order valence-electron chi connectivity index (χ0n) is 12.3. The van der Waals surface area contributed by atoms with Gasteiger partial charge in [-0.1, -0.05) is 68.4 Å². The van der Waals surface area contributed by atoms with Crippen molar-refractivity contribution in [1.82, 2.24) is 5.32 Å². The van der Waals surface area contributed by atoms with Gasteiger partial charge in [-0.2, -0.15) is 0 Å². The molecular formula is C19H23N. The van der Waals surface area contributed by atoms with Gasteiger partial charge in [0.1, 0.15) is 0 Å². The van der Waals surface area contributed by atoms with E-state index in [1.165, 1.54) is 23.1 Å². The molecule has 1 nitrogen and oxygen atoms in total. The third kappa shape index (κ3) is 2.64. The molecule has 0 spiro atoms. The maximum Gasteiger partial charge on any atom is 0.0390 e. The minimum Gasteiger partial charge on any atom is -0.309 e. The first-order valence-corrected chi connectivity index (χ1v) is 7.64. The summed E-state index contributed by atoms with van der Waals surface area (Å²) in [5, 5.41) is 3.67. The van der Waals surface area contributed by atoms with E-state index < -0.39 is 0 Å². The molecule has 2 aromatic carbocycles. The van der Waals surface area contributed by atoms with Gasteiger partial charge in [-0.3, -0.25) is 0 Å². The molecule has 2 aromatic rings. The third-order valence-corrected chi connectivity index (χ3v) is 4.41. The van der Waals surface area contributed by atoms with E-state index in [1.807, 2.05) is 0 Å². The van der Waals surface area contributed by atoms with Gasteiger partial charge >= 0.3 is 0 Å². The summed E-state index contributed by atoms with van der Waals surface area (Å²) in [7, 11) is 0. The maximum atomic E-state index is 3.67. The Bertz CT molecular complexity index is 542. The summed E-state index contributed by atoms with van der Waals surface area (Å²) in [4.78, 5) is 0. The second-order valence-electron chi connectivity index (χ2n) is 6.06. The molecule has 0 radical (unpaired) electrons. The van der Waals surface area contributed by atoms with Crippen LogP contribution in [0, 0.1) is 0 Å². The normalized spacial score (nSPS) is 22.4. The lowest BCUT2D eigenvalue weighted by atomic mass is 9.87. The topological polar surface area (TPSA) is 12.0 Å². The van der Waals surface area contributed by atoms with Crippen molar-refractivity contribution in [3.63, 3.8) is 0 Å². The van der Waals surface area contributed by atoms with E-state index in [4.69, 9.17) is 0 Å². The van der Waals surface area contributed by atoms with Crippen LogP contribution in [0.2, 0.25) is 0 Å². The summed E-state index contributed by atoms with van der Waals surface area (Å²) in [5.41, 5.74) is 4.29. The highest BCUT2D eigenvalue weighted by molar-refractivity contribution is 5.32. The highest BCUT2D eigenvalue weighted by Gasteiger charge is 2.29. The molecule has 20 heavy (non-hydrogen) atoms. The molecule has 1 saturated heterocycles. The molecule has 0 aliphatic carbocycles. The summed E-state index contributed by atoms with van der Waals surface area (Å²) in [6.07, 6.45) is 1.22. The molecule has 2 atom stereocenters. The molecule has 1 aliphatic rings. The summed E-state index contributed by atoms with van der Waals surface area (Å²) >= 11 is 0. The standard InChI is InChI=1S/C19H23N/c1-14(2)15-8-10-17(11-9-15)19-18(12-13-20-19)16-6-4-3-5-7-16/h3-11,14,18-20H,12-13H2,1-2H3. The van der Waals surface area contributed by atoms with E-state index in [0.717, 1.165) is 6.54 Å². The van der Waals surface area contributed by atoms with Crippen LogP contribution >= 0.6 is 0 Å². The molecule has 3 rings (SSSR count). The second kappa shape index (κ2) is 5.80. The van der Waals surface area contributed by atoms with Crippen LogP contribution in [-0.4, -0.2) is 6.54 Å². The van der Waals surface area contributed by atoms with Crippen LogP contribution in [0.15, 0.2) is 54.6 Å². The van der Waals surface area contributed by atoms with Crippen LogP contribution in [0.5, 0.6) is 0 Å². The lowest BCUT2D eigenvalue weighted by Gasteiger charge is -2.21. The van der Waals surface area contributed by atoms with Gasteiger partial charge in [0.15, 0.2) is 0 Å². The molecule has 0 saturated carbocycles. The highest BCUT2D eigenvalue weighted by Crippen LogP contribution is 2.37. The van der Waals surface area contributed by atoms with Gasteiger partial charge in [0.25, 0.3) is 0 Å². The predicted octanol–water partition coefficient (Wildman–Crippen LogP) is 4.63. The van der Waals surface area contributed by atoms with Gasteiger partial charge in [-0.25, -0.2) is 0 Å². The van der Waals surface area contributed by atoms with Crippen molar-refractivity contribution < 1.29 is 0 Å². The fourth-order valence-corrected chi connectivity index (χ4v) is 3.20. The number of benzene rings is 2. The minimum atomic E-state index is 0.457. The highest BCUT2D eigenvalue weighted by atomic mass is 15.0. The van der Waals surface area contributed by atoms with Crippen molar-refractivity contribution in [3.05, 3.63) is 71.3 Å². The monoisotopic (exact) mass is 265 g/mol. The molecule has 0 aromatic heterocycles. The summed E-state index contributed by atoms with van der Waals surface area (Å²) in [5.74, 6) is 1.20. The molecule has 1 heterocycles. The number of hydrogen-bond acceptors (Lipinski definition) is 1. The van der Waals surface area contributed by atoms with Gasteiger partial charge in [0.05, 0.1) is 0 Å². The van der Waals surface area contributed by atoms with E-state index in [2.05, 4.69) is 73.8 Å². The van der Waals surface area contributed by atoms with E-state index in [0.29, 0.717) is 17.9 Å². The summed E-state index contributed by atoms with van der Waals surface area (Å²) in [6, 6.07) is 20.5. The van der Waals surface area contributed by atoms with Crippen molar-refractivity contribution in [2.24, 2.45) is 0 Å². The summed E-state index contributed by atoms with van der Waals surface area (Å²) < 4.78 is 0. The van der Waals surface area contributed by atoms with Crippen LogP contribution < -0.4 is 5.32 Å². The molecule has 1 aliphatic heterocycles. The molecular weight excluding hydrogens is 242 g/mol. The van der Waals surface area contributed by atoms with Gasteiger partial charge in [0.2, 0.25) is 0 Å². The van der Waals surface area contributed by atoms with Crippen LogP contribution in [-0.2, 0) is 0 Å². The van der Waals surface area contributed by atoms with Gasteiger partial charge in [0, 0.05) is 12.0 Å². The second-order valence-corrected chi connectivity index (χ2v) is 6.06. The molecule has 104 valence electrons. The number of nitrogens with one attached hydrogen (secondary N) is 1. The molecule has 1 heteroatoms. The summed E-state index contributed by atoms with van der Waals surface area (Å²) in [6.45, 7) is 5.60. The smallest absolute Gasteiger partial charge is 0.0390 e. The van der Waals surface area contributed by atoms with Crippen LogP contribution in [0.4, 0.5) is 0 Å². The third-order valence-electron chi connectivity index (χ3n) is 4.41. The predicted molar refractivity (Wildman–Crippen MR) is 85.1 cm³/mol. The van der Waals surface area contributed by atoms with Gasteiger partial charge in [-0.05, 0) is 35.6 Å². The fourth-order valence-electron chi connectivity index (χ4n) is 3.20. The molecule has 0 amide bonds. The van der Waals surface area contributed by atoms with Crippen LogP contribution in [0.1, 0.15) is 54.8 Å². The minimum absolute atomic E-state index is 0.457. The van der Waals surface area contributed by atoms with Crippen molar-refractivity contribution in [1.29, 1.82) is 0 Å². The average Bonchev–Trinajstić information content (AvgIpc) is 2.97. The van der Waals surface area contributed by atoms with Crippen molar-refractivity contribution in [2.75, 3.05) is 6.54 Å². The number of rotatable bonds is 3. The van der Waals surface area contributed by atoms with E-state index in [9.17, 15) is 0 Å². The molecule has 2 unspecified atom stereocenters. The van der Waals surface area contributed by atoms with E-state index in [1.54, 1.807) is 0 Å². The average molecular weight is 265 g/mol. The zero-order valence-corrected chi connectivity index (χ0v) is 12.3. The lowest BCUT2D eigenvalue weighted by molar-refractivity contribution is 0.577. The van der Waals surface area contributed by atoms with Crippen molar-refractivity contribution in [3.8, 4) is 0 Å². The Kier molecular flexibility index (Phi) is 3.88. The largest absolute Gasteiger partial charge is 0.309 e. The van der Waals surface area contributed by atoms with E-state index >= 15 is 0 Å². The SMILES string of the molecule is CC(C)c1ccc(C2NCCC2c2ccccc2)cc1. The Morgan fingerprint density at radius 1 is 0.900 bits per heavy atom. The Hall–Kier alpha value is -1.60. The Labute approximate surface area is 122 Å². The Morgan fingerprint density at radius 2 is 1.60 bits per heavy atom. The quantitative estimate of drug-likeness (QED) is 0.853. The van der Waals surface area contributed by atoms with Gasteiger partial charge in [-0.15, -0.1) is 0 Å².